The lowest BCUT2D eigenvalue weighted by Gasteiger charge is -2.09. The molecule has 5 nitrogen and oxygen atoms in total. The lowest BCUT2D eigenvalue weighted by Crippen LogP contribution is -2.32. The van der Waals surface area contributed by atoms with Gasteiger partial charge in [-0.25, -0.2) is 4.98 Å². The van der Waals surface area contributed by atoms with Gasteiger partial charge in [0, 0.05) is 11.7 Å². The first kappa shape index (κ1) is 11.4. The number of carbonyl (C=O) groups is 1. The fourth-order valence-electron chi connectivity index (χ4n) is 1.73. The van der Waals surface area contributed by atoms with Crippen molar-refractivity contribution in [3.05, 3.63) is 24.5 Å². The summed E-state index contributed by atoms with van der Waals surface area (Å²) >= 11 is 0. The van der Waals surface area contributed by atoms with Crippen LogP contribution in [0.25, 0.3) is 11.0 Å². The standard InChI is InChI=1S/C12H16N4O/c1-8(2)15-12(17)6-16-7-14-10-5-9(13)3-4-11(10)16/h3-5,7-8H,6,13H2,1-2H3,(H,15,17). The van der Waals surface area contributed by atoms with Crippen LogP contribution in [0.2, 0.25) is 0 Å². The van der Waals surface area contributed by atoms with Gasteiger partial charge in [0.1, 0.15) is 6.54 Å². The van der Waals surface area contributed by atoms with Gasteiger partial charge in [-0.1, -0.05) is 0 Å². The van der Waals surface area contributed by atoms with Crippen LogP contribution in [0.4, 0.5) is 5.69 Å². The number of benzene rings is 1. The molecule has 17 heavy (non-hydrogen) atoms. The van der Waals surface area contributed by atoms with E-state index in [1.807, 2.05) is 24.5 Å². The largest absolute Gasteiger partial charge is 0.399 e. The van der Waals surface area contributed by atoms with Crippen molar-refractivity contribution < 1.29 is 4.79 Å². The summed E-state index contributed by atoms with van der Waals surface area (Å²) < 4.78 is 1.81. The Morgan fingerprint density at radius 2 is 2.29 bits per heavy atom. The topological polar surface area (TPSA) is 72.9 Å². The van der Waals surface area contributed by atoms with Crippen molar-refractivity contribution in [2.75, 3.05) is 5.73 Å². The minimum absolute atomic E-state index is 0.0175. The summed E-state index contributed by atoms with van der Waals surface area (Å²) in [6.07, 6.45) is 1.66. The zero-order valence-electron chi connectivity index (χ0n) is 9.97. The number of amides is 1. The number of nitrogen functional groups attached to an aromatic ring is 1. The molecule has 0 atom stereocenters. The number of nitrogens with one attached hydrogen (secondary N) is 1. The number of anilines is 1. The molecule has 0 spiro atoms. The molecule has 0 radical (unpaired) electrons. The second-order valence-electron chi connectivity index (χ2n) is 4.34. The first-order valence-electron chi connectivity index (χ1n) is 5.56. The quantitative estimate of drug-likeness (QED) is 0.779. The van der Waals surface area contributed by atoms with Crippen molar-refractivity contribution in [3.63, 3.8) is 0 Å². The molecule has 2 rings (SSSR count). The van der Waals surface area contributed by atoms with Gasteiger partial charge in [0.05, 0.1) is 17.4 Å². The number of aromatic nitrogens is 2. The Morgan fingerprint density at radius 1 is 1.53 bits per heavy atom. The Labute approximate surface area is 99.6 Å². The molecule has 0 saturated heterocycles. The number of nitrogens with zero attached hydrogens (tertiary/aromatic N) is 2. The first-order chi connectivity index (χ1) is 8.06. The van der Waals surface area contributed by atoms with Gasteiger partial charge in [0.15, 0.2) is 0 Å². The van der Waals surface area contributed by atoms with E-state index >= 15 is 0 Å². The molecule has 5 heteroatoms. The minimum Gasteiger partial charge on any atom is -0.399 e. The number of imidazole rings is 1. The Balaban J connectivity index is 2.22. The van der Waals surface area contributed by atoms with E-state index < -0.39 is 0 Å². The van der Waals surface area contributed by atoms with Crippen LogP contribution >= 0.6 is 0 Å². The van der Waals surface area contributed by atoms with E-state index in [4.69, 9.17) is 5.73 Å². The van der Waals surface area contributed by atoms with Crippen LogP contribution < -0.4 is 11.1 Å². The highest BCUT2D eigenvalue weighted by Crippen LogP contribution is 2.15. The highest BCUT2D eigenvalue weighted by atomic mass is 16.2. The predicted octanol–water partition coefficient (Wildman–Crippen LogP) is 1.14. The van der Waals surface area contributed by atoms with Crippen LogP contribution in [0.3, 0.4) is 0 Å². The summed E-state index contributed by atoms with van der Waals surface area (Å²) in [6.45, 7) is 4.15. The third kappa shape index (κ3) is 2.55. The predicted molar refractivity (Wildman–Crippen MR) is 67.4 cm³/mol. The summed E-state index contributed by atoms with van der Waals surface area (Å²) in [5.74, 6) is -0.0175. The zero-order valence-corrected chi connectivity index (χ0v) is 9.97. The fraction of sp³-hybridized carbons (Fsp3) is 0.333. The van der Waals surface area contributed by atoms with E-state index in [1.54, 1.807) is 18.5 Å². The number of hydrogen-bond acceptors (Lipinski definition) is 3. The molecule has 1 amide bonds. The fourth-order valence-corrected chi connectivity index (χ4v) is 1.73. The van der Waals surface area contributed by atoms with Crippen LogP contribution in [0.1, 0.15) is 13.8 Å². The van der Waals surface area contributed by atoms with E-state index in [1.165, 1.54) is 0 Å². The molecule has 0 fully saturated rings. The molecule has 0 unspecified atom stereocenters. The van der Waals surface area contributed by atoms with Crippen LogP contribution in [0.5, 0.6) is 0 Å². The molecule has 3 N–H and O–H groups in total. The zero-order chi connectivity index (χ0) is 12.4. The maximum Gasteiger partial charge on any atom is 0.240 e. The van der Waals surface area contributed by atoms with Gasteiger partial charge in [-0.2, -0.15) is 0 Å². The second kappa shape index (κ2) is 4.45. The van der Waals surface area contributed by atoms with E-state index in [9.17, 15) is 4.79 Å². The van der Waals surface area contributed by atoms with Gasteiger partial charge in [-0.3, -0.25) is 4.79 Å². The van der Waals surface area contributed by atoms with Gasteiger partial charge >= 0.3 is 0 Å². The van der Waals surface area contributed by atoms with Crippen molar-refractivity contribution in [3.8, 4) is 0 Å². The van der Waals surface area contributed by atoms with Gasteiger partial charge in [0.2, 0.25) is 5.91 Å². The maximum atomic E-state index is 11.6. The van der Waals surface area contributed by atoms with Gasteiger partial charge in [-0.05, 0) is 32.0 Å². The molecule has 0 saturated carbocycles. The highest BCUT2D eigenvalue weighted by molar-refractivity contribution is 5.82. The molecular weight excluding hydrogens is 216 g/mol. The normalized spacial score (nSPS) is 11.0. The Morgan fingerprint density at radius 3 is 3.00 bits per heavy atom. The summed E-state index contributed by atoms with van der Waals surface area (Å²) in [5, 5.41) is 2.84. The van der Waals surface area contributed by atoms with Gasteiger partial charge in [0.25, 0.3) is 0 Å². The summed E-state index contributed by atoms with van der Waals surface area (Å²) in [4.78, 5) is 15.9. The molecule has 0 aliphatic carbocycles. The lowest BCUT2D eigenvalue weighted by atomic mass is 10.3. The molecule has 90 valence electrons. The minimum atomic E-state index is -0.0175. The summed E-state index contributed by atoms with van der Waals surface area (Å²) in [7, 11) is 0. The number of fused-ring (bicyclic) bond motifs is 1. The van der Waals surface area contributed by atoms with Gasteiger partial charge < -0.3 is 15.6 Å². The molecule has 0 aliphatic heterocycles. The van der Waals surface area contributed by atoms with Crippen LogP contribution in [-0.2, 0) is 11.3 Å². The average Bonchev–Trinajstić information content (AvgIpc) is 2.59. The van der Waals surface area contributed by atoms with Crippen LogP contribution in [0.15, 0.2) is 24.5 Å². The number of carbonyl (C=O) groups excluding carboxylic acids is 1. The molecule has 1 heterocycles. The van der Waals surface area contributed by atoms with Gasteiger partial charge in [-0.15, -0.1) is 0 Å². The smallest absolute Gasteiger partial charge is 0.240 e. The van der Waals surface area contributed by atoms with Crippen molar-refractivity contribution in [1.82, 2.24) is 14.9 Å². The Hall–Kier alpha value is -2.04. The summed E-state index contributed by atoms with van der Waals surface area (Å²) in [5.41, 5.74) is 8.07. The average molecular weight is 232 g/mol. The molecule has 0 bridgehead atoms. The second-order valence-corrected chi connectivity index (χ2v) is 4.34. The molecule has 1 aromatic carbocycles. The molecule has 2 aromatic rings. The Kier molecular flexibility index (Phi) is 2.99. The van der Waals surface area contributed by atoms with E-state index in [-0.39, 0.29) is 18.5 Å². The summed E-state index contributed by atoms with van der Waals surface area (Å²) in [6, 6.07) is 5.63. The van der Waals surface area contributed by atoms with E-state index in [2.05, 4.69) is 10.3 Å². The van der Waals surface area contributed by atoms with Crippen molar-refractivity contribution >= 4 is 22.6 Å². The van der Waals surface area contributed by atoms with Crippen molar-refractivity contribution in [1.29, 1.82) is 0 Å². The lowest BCUT2D eigenvalue weighted by molar-refractivity contribution is -0.122. The van der Waals surface area contributed by atoms with Crippen molar-refractivity contribution in [2.45, 2.75) is 26.4 Å². The molecular formula is C12H16N4O. The monoisotopic (exact) mass is 232 g/mol. The highest BCUT2D eigenvalue weighted by Gasteiger charge is 2.08. The number of rotatable bonds is 3. The van der Waals surface area contributed by atoms with Crippen LogP contribution in [-0.4, -0.2) is 21.5 Å². The third-order valence-electron chi connectivity index (χ3n) is 2.41. The molecule has 0 aliphatic rings. The Bertz CT molecular complexity index is 544. The number of hydrogen-bond donors (Lipinski definition) is 2. The van der Waals surface area contributed by atoms with E-state index in [0.29, 0.717) is 5.69 Å². The first-order valence-corrected chi connectivity index (χ1v) is 5.56. The van der Waals surface area contributed by atoms with E-state index in [0.717, 1.165) is 11.0 Å². The molecule has 1 aromatic heterocycles. The number of nitrogens with two attached hydrogens (primary N) is 1. The van der Waals surface area contributed by atoms with Crippen LogP contribution in [0, 0.1) is 0 Å². The SMILES string of the molecule is CC(C)NC(=O)Cn1cnc2cc(N)ccc21. The van der Waals surface area contributed by atoms with Crippen molar-refractivity contribution in [2.24, 2.45) is 0 Å². The third-order valence-corrected chi connectivity index (χ3v) is 2.41. The maximum absolute atomic E-state index is 11.6.